The Kier molecular flexibility index (Phi) is 4.18. The van der Waals surface area contributed by atoms with E-state index >= 15 is 0 Å². The van der Waals surface area contributed by atoms with E-state index < -0.39 is 0 Å². The maximum absolute atomic E-state index is 13.8. The molecule has 6 heteroatoms. The number of nitrogens with one attached hydrogen (secondary N) is 1. The summed E-state index contributed by atoms with van der Waals surface area (Å²) in [7, 11) is 0. The molecule has 26 heavy (non-hydrogen) atoms. The van der Waals surface area contributed by atoms with Gasteiger partial charge in [-0.2, -0.15) is 5.10 Å². The summed E-state index contributed by atoms with van der Waals surface area (Å²) < 4.78 is 15.7. The molecule has 0 atom stereocenters. The van der Waals surface area contributed by atoms with Crippen molar-refractivity contribution in [3.63, 3.8) is 0 Å². The number of aromatic nitrogens is 3. The van der Waals surface area contributed by atoms with Gasteiger partial charge in [0.15, 0.2) is 5.65 Å². The number of benzene rings is 1. The fourth-order valence-corrected chi connectivity index (χ4v) is 3.60. The molecule has 3 aromatic rings. The Bertz CT molecular complexity index is 993. The molecule has 0 aliphatic heterocycles. The van der Waals surface area contributed by atoms with Gasteiger partial charge in [-0.3, -0.25) is 4.79 Å². The molecule has 1 amide bonds. The van der Waals surface area contributed by atoms with Crippen molar-refractivity contribution in [2.75, 3.05) is 0 Å². The van der Waals surface area contributed by atoms with Crippen LogP contribution in [0, 0.1) is 5.82 Å². The molecule has 2 aromatic heterocycles. The summed E-state index contributed by atoms with van der Waals surface area (Å²) in [5, 5.41) is 8.07. The molecule has 2 heterocycles. The van der Waals surface area contributed by atoms with E-state index in [-0.39, 0.29) is 24.3 Å². The molecule has 1 N–H and O–H groups in total. The third-order valence-corrected chi connectivity index (χ3v) is 4.88. The van der Waals surface area contributed by atoms with Gasteiger partial charge in [0.25, 0.3) is 5.91 Å². The highest BCUT2D eigenvalue weighted by Gasteiger charge is 2.26. The molecule has 5 nitrogen and oxygen atoms in total. The Morgan fingerprint density at radius 1 is 1.31 bits per heavy atom. The van der Waals surface area contributed by atoms with Gasteiger partial charge in [-0.1, -0.05) is 18.2 Å². The van der Waals surface area contributed by atoms with E-state index in [0.29, 0.717) is 11.1 Å². The predicted octanol–water partition coefficient (Wildman–Crippen LogP) is 3.57. The minimum absolute atomic E-state index is 0.155. The Morgan fingerprint density at radius 2 is 2.12 bits per heavy atom. The first-order valence-corrected chi connectivity index (χ1v) is 8.97. The number of fused-ring (bicyclic) bond motifs is 2. The molecule has 1 aliphatic rings. The van der Waals surface area contributed by atoms with Crippen LogP contribution in [-0.4, -0.2) is 20.7 Å². The molecular weight excluding hydrogens is 331 g/mol. The van der Waals surface area contributed by atoms with Crippen molar-refractivity contribution in [1.29, 1.82) is 0 Å². The van der Waals surface area contributed by atoms with Crippen molar-refractivity contribution in [2.45, 2.75) is 45.7 Å². The number of amides is 1. The van der Waals surface area contributed by atoms with Gasteiger partial charge in [-0.25, -0.2) is 14.1 Å². The lowest BCUT2D eigenvalue weighted by molar-refractivity contribution is 0.0951. The van der Waals surface area contributed by atoms with Gasteiger partial charge in [-0.15, -0.1) is 0 Å². The van der Waals surface area contributed by atoms with Crippen LogP contribution in [0.5, 0.6) is 0 Å². The van der Waals surface area contributed by atoms with Crippen molar-refractivity contribution in [3.05, 3.63) is 58.7 Å². The number of carbonyl (C=O) groups is 1. The molecule has 0 fully saturated rings. The Labute approximate surface area is 151 Å². The lowest BCUT2D eigenvalue weighted by Crippen LogP contribution is -2.25. The summed E-state index contributed by atoms with van der Waals surface area (Å²) in [6.07, 6.45) is 4.44. The SMILES string of the molecule is CC(C)n1ncc2c(C(=O)NCc3ccccc3F)c3c(nc21)CCC3. The van der Waals surface area contributed by atoms with Crippen molar-refractivity contribution in [2.24, 2.45) is 0 Å². The number of hydrogen-bond donors (Lipinski definition) is 1. The molecule has 4 rings (SSSR count). The molecule has 0 bridgehead atoms. The molecule has 134 valence electrons. The Hall–Kier alpha value is -2.76. The molecule has 0 spiro atoms. The van der Waals surface area contributed by atoms with Crippen LogP contribution in [0.3, 0.4) is 0 Å². The van der Waals surface area contributed by atoms with Gasteiger partial charge in [0.2, 0.25) is 0 Å². The van der Waals surface area contributed by atoms with Gasteiger partial charge in [0.1, 0.15) is 5.82 Å². The second-order valence-electron chi connectivity index (χ2n) is 6.96. The van der Waals surface area contributed by atoms with Crippen LogP contribution >= 0.6 is 0 Å². The zero-order valence-corrected chi connectivity index (χ0v) is 14.9. The maximum atomic E-state index is 13.8. The number of nitrogens with zero attached hydrogens (tertiary/aromatic N) is 3. The van der Waals surface area contributed by atoms with Crippen LogP contribution in [0.25, 0.3) is 11.0 Å². The molecule has 0 unspecified atom stereocenters. The third-order valence-electron chi connectivity index (χ3n) is 4.88. The van der Waals surface area contributed by atoms with Crippen LogP contribution < -0.4 is 5.32 Å². The topological polar surface area (TPSA) is 59.8 Å². The van der Waals surface area contributed by atoms with Gasteiger partial charge < -0.3 is 5.32 Å². The van der Waals surface area contributed by atoms with Crippen molar-refractivity contribution in [1.82, 2.24) is 20.1 Å². The first-order valence-electron chi connectivity index (χ1n) is 8.97. The van der Waals surface area contributed by atoms with E-state index in [0.717, 1.165) is 41.6 Å². The van der Waals surface area contributed by atoms with Crippen molar-refractivity contribution in [3.8, 4) is 0 Å². The van der Waals surface area contributed by atoms with E-state index in [4.69, 9.17) is 4.98 Å². The number of pyridine rings is 1. The average Bonchev–Trinajstić information content (AvgIpc) is 3.25. The highest BCUT2D eigenvalue weighted by atomic mass is 19.1. The lowest BCUT2D eigenvalue weighted by atomic mass is 10.0. The smallest absolute Gasteiger partial charge is 0.252 e. The quantitative estimate of drug-likeness (QED) is 0.781. The maximum Gasteiger partial charge on any atom is 0.252 e. The van der Waals surface area contributed by atoms with Crippen molar-refractivity contribution < 1.29 is 9.18 Å². The average molecular weight is 352 g/mol. The molecular formula is C20H21FN4O. The van der Waals surface area contributed by atoms with E-state index in [9.17, 15) is 9.18 Å². The van der Waals surface area contributed by atoms with E-state index in [1.54, 1.807) is 24.4 Å². The number of hydrogen-bond acceptors (Lipinski definition) is 3. The van der Waals surface area contributed by atoms with E-state index in [2.05, 4.69) is 10.4 Å². The number of aryl methyl sites for hydroxylation is 1. The van der Waals surface area contributed by atoms with Crippen LogP contribution in [0.2, 0.25) is 0 Å². The summed E-state index contributed by atoms with van der Waals surface area (Å²) >= 11 is 0. The van der Waals surface area contributed by atoms with Gasteiger partial charge in [-0.05, 0) is 44.7 Å². The minimum Gasteiger partial charge on any atom is -0.348 e. The largest absolute Gasteiger partial charge is 0.348 e. The highest BCUT2D eigenvalue weighted by Crippen LogP contribution is 2.30. The van der Waals surface area contributed by atoms with Gasteiger partial charge in [0.05, 0.1) is 17.1 Å². The first-order chi connectivity index (χ1) is 12.6. The number of carbonyl (C=O) groups excluding carboxylic acids is 1. The monoisotopic (exact) mass is 352 g/mol. The fourth-order valence-electron chi connectivity index (χ4n) is 3.60. The summed E-state index contributed by atoms with van der Waals surface area (Å²) in [5.74, 6) is -0.507. The normalized spacial score (nSPS) is 13.4. The van der Waals surface area contributed by atoms with E-state index in [1.165, 1.54) is 6.07 Å². The zero-order valence-electron chi connectivity index (χ0n) is 14.9. The number of halogens is 1. The second-order valence-corrected chi connectivity index (χ2v) is 6.96. The minimum atomic E-state index is -0.314. The molecule has 0 radical (unpaired) electrons. The summed E-state index contributed by atoms with van der Waals surface area (Å²) in [6, 6.07) is 6.64. The van der Waals surface area contributed by atoms with Crippen LogP contribution in [0.15, 0.2) is 30.5 Å². The third kappa shape index (κ3) is 2.75. The van der Waals surface area contributed by atoms with Crippen LogP contribution in [-0.2, 0) is 19.4 Å². The first kappa shape index (κ1) is 16.7. The standard InChI is InChI=1S/C20H21FN4O/c1-12(2)25-19-15(11-23-25)18(14-7-5-9-17(14)24-19)20(26)22-10-13-6-3-4-8-16(13)21/h3-4,6,8,11-12H,5,7,9-10H2,1-2H3,(H,22,26). The summed E-state index contributed by atoms with van der Waals surface area (Å²) in [6.45, 7) is 4.24. The Balaban J connectivity index is 1.73. The second kappa shape index (κ2) is 6.52. The zero-order chi connectivity index (χ0) is 18.3. The predicted molar refractivity (Wildman–Crippen MR) is 97.5 cm³/mol. The summed E-state index contributed by atoms with van der Waals surface area (Å²) in [5.41, 5.74) is 3.85. The van der Waals surface area contributed by atoms with Gasteiger partial charge in [0, 0.05) is 23.8 Å². The number of rotatable bonds is 4. The molecule has 1 aliphatic carbocycles. The fraction of sp³-hybridized carbons (Fsp3) is 0.350. The molecule has 0 saturated carbocycles. The van der Waals surface area contributed by atoms with Crippen molar-refractivity contribution >= 4 is 16.9 Å². The van der Waals surface area contributed by atoms with Crippen LogP contribution in [0.1, 0.15) is 53.5 Å². The highest BCUT2D eigenvalue weighted by molar-refractivity contribution is 6.07. The Morgan fingerprint density at radius 3 is 2.88 bits per heavy atom. The van der Waals surface area contributed by atoms with Gasteiger partial charge >= 0.3 is 0 Å². The lowest BCUT2D eigenvalue weighted by Gasteiger charge is -2.13. The van der Waals surface area contributed by atoms with E-state index in [1.807, 2.05) is 18.5 Å². The molecule has 0 saturated heterocycles. The summed E-state index contributed by atoms with van der Waals surface area (Å²) in [4.78, 5) is 17.8. The molecule has 1 aromatic carbocycles. The van der Waals surface area contributed by atoms with Crippen LogP contribution in [0.4, 0.5) is 4.39 Å².